The summed E-state index contributed by atoms with van der Waals surface area (Å²) >= 11 is 1.49. The topological polar surface area (TPSA) is 63.3 Å². The fourth-order valence-electron chi connectivity index (χ4n) is 2.91. The SMILES string of the molecule is CC(C)c1nc(-c2ccc(C(F)(F)F)cc2)oc1CSc1cccc(CC(=O)O)c1. The molecule has 0 aliphatic rings. The third-order valence-corrected chi connectivity index (χ3v) is 5.35. The van der Waals surface area contributed by atoms with Gasteiger partial charge in [-0.3, -0.25) is 4.79 Å². The second-order valence-corrected chi connectivity index (χ2v) is 8.11. The van der Waals surface area contributed by atoms with E-state index in [-0.39, 0.29) is 18.2 Å². The molecule has 0 fully saturated rings. The third-order valence-electron chi connectivity index (χ3n) is 4.36. The van der Waals surface area contributed by atoms with Crippen LogP contribution in [0.5, 0.6) is 0 Å². The number of hydrogen-bond acceptors (Lipinski definition) is 4. The number of aliphatic carboxylic acids is 1. The molecule has 0 saturated carbocycles. The molecule has 0 unspecified atom stereocenters. The highest BCUT2D eigenvalue weighted by Gasteiger charge is 2.30. The Labute approximate surface area is 176 Å². The van der Waals surface area contributed by atoms with Gasteiger partial charge in [-0.2, -0.15) is 13.2 Å². The summed E-state index contributed by atoms with van der Waals surface area (Å²) in [5.41, 5.74) is 1.21. The van der Waals surface area contributed by atoms with E-state index in [2.05, 4.69) is 4.98 Å². The van der Waals surface area contributed by atoms with Gasteiger partial charge in [-0.1, -0.05) is 26.0 Å². The van der Waals surface area contributed by atoms with E-state index in [1.807, 2.05) is 26.0 Å². The number of thioether (sulfide) groups is 1. The van der Waals surface area contributed by atoms with Crippen molar-refractivity contribution in [1.29, 1.82) is 0 Å². The number of oxazole rings is 1. The molecule has 0 amide bonds. The molecular weight excluding hydrogens is 415 g/mol. The molecule has 3 aromatic rings. The first-order valence-corrected chi connectivity index (χ1v) is 10.2. The lowest BCUT2D eigenvalue weighted by Gasteiger charge is -2.06. The molecule has 0 saturated heterocycles. The molecule has 0 spiro atoms. The minimum Gasteiger partial charge on any atom is -0.481 e. The number of benzene rings is 2. The Balaban J connectivity index is 1.80. The Kier molecular flexibility index (Phi) is 6.55. The highest BCUT2D eigenvalue weighted by Crippen LogP contribution is 2.34. The van der Waals surface area contributed by atoms with Crippen LogP contribution in [0.3, 0.4) is 0 Å². The minimum absolute atomic E-state index is 0.0496. The van der Waals surface area contributed by atoms with Gasteiger partial charge in [0.05, 0.1) is 23.4 Å². The normalized spacial score (nSPS) is 11.8. The summed E-state index contributed by atoms with van der Waals surface area (Å²) in [5.74, 6) is 0.579. The van der Waals surface area contributed by atoms with Gasteiger partial charge in [0.15, 0.2) is 0 Å². The molecule has 0 atom stereocenters. The fourth-order valence-corrected chi connectivity index (χ4v) is 3.83. The molecule has 3 rings (SSSR count). The third kappa shape index (κ3) is 5.44. The molecule has 158 valence electrons. The summed E-state index contributed by atoms with van der Waals surface area (Å²) in [5, 5.41) is 8.94. The van der Waals surface area contributed by atoms with Crippen LogP contribution in [0.4, 0.5) is 13.2 Å². The number of hydrogen-bond donors (Lipinski definition) is 1. The second kappa shape index (κ2) is 8.95. The Bertz CT molecular complexity index is 1030. The maximum atomic E-state index is 12.8. The average Bonchev–Trinajstić information content (AvgIpc) is 3.10. The number of carboxylic acids is 1. The van der Waals surface area contributed by atoms with Crippen LogP contribution >= 0.6 is 11.8 Å². The summed E-state index contributed by atoms with van der Waals surface area (Å²) < 4.78 is 44.2. The predicted octanol–water partition coefficient (Wildman–Crippen LogP) is 6.40. The van der Waals surface area contributed by atoms with Gasteiger partial charge in [0.1, 0.15) is 5.76 Å². The van der Waals surface area contributed by atoms with Gasteiger partial charge in [0, 0.05) is 10.5 Å². The minimum atomic E-state index is -4.39. The van der Waals surface area contributed by atoms with E-state index in [0.717, 1.165) is 22.7 Å². The molecule has 0 bridgehead atoms. The zero-order chi connectivity index (χ0) is 21.9. The Hall–Kier alpha value is -2.74. The van der Waals surface area contributed by atoms with Crippen molar-refractivity contribution in [1.82, 2.24) is 4.98 Å². The maximum absolute atomic E-state index is 12.8. The Morgan fingerprint density at radius 3 is 2.47 bits per heavy atom. The van der Waals surface area contributed by atoms with Crippen molar-refractivity contribution in [3.8, 4) is 11.5 Å². The monoisotopic (exact) mass is 435 g/mol. The van der Waals surface area contributed by atoms with Crippen LogP contribution in [0.15, 0.2) is 57.8 Å². The standard InChI is InChI=1S/C22H20F3NO3S/c1-13(2)20-18(12-30-17-5-3-4-14(10-17)11-19(27)28)29-21(26-20)15-6-8-16(9-7-15)22(23,24)25/h3-10,13H,11-12H2,1-2H3,(H,27,28). The van der Waals surface area contributed by atoms with Crippen LogP contribution in [0.1, 0.15) is 42.3 Å². The van der Waals surface area contributed by atoms with Crippen molar-refractivity contribution in [3.05, 3.63) is 71.1 Å². The van der Waals surface area contributed by atoms with Crippen molar-refractivity contribution < 1.29 is 27.5 Å². The van der Waals surface area contributed by atoms with Gasteiger partial charge in [0.25, 0.3) is 0 Å². The Morgan fingerprint density at radius 1 is 1.17 bits per heavy atom. The van der Waals surface area contributed by atoms with E-state index in [1.54, 1.807) is 12.1 Å². The van der Waals surface area contributed by atoms with Crippen LogP contribution in [0.2, 0.25) is 0 Å². The molecule has 30 heavy (non-hydrogen) atoms. The molecule has 0 aliphatic carbocycles. The molecule has 1 aromatic heterocycles. The lowest BCUT2D eigenvalue weighted by atomic mass is 10.1. The van der Waals surface area contributed by atoms with E-state index in [4.69, 9.17) is 9.52 Å². The quantitative estimate of drug-likeness (QED) is 0.435. The smallest absolute Gasteiger partial charge is 0.416 e. The largest absolute Gasteiger partial charge is 0.481 e. The molecule has 0 radical (unpaired) electrons. The van der Waals surface area contributed by atoms with Crippen LogP contribution in [0.25, 0.3) is 11.5 Å². The molecule has 0 aliphatic heterocycles. The molecule has 2 aromatic carbocycles. The summed E-state index contributed by atoms with van der Waals surface area (Å²) in [6.45, 7) is 3.94. The van der Waals surface area contributed by atoms with Crippen molar-refractivity contribution in [2.75, 3.05) is 0 Å². The van der Waals surface area contributed by atoms with Crippen molar-refractivity contribution in [2.24, 2.45) is 0 Å². The van der Waals surface area contributed by atoms with Gasteiger partial charge < -0.3 is 9.52 Å². The van der Waals surface area contributed by atoms with Crippen LogP contribution in [-0.2, 0) is 23.1 Å². The summed E-state index contributed by atoms with van der Waals surface area (Å²) in [7, 11) is 0. The Morgan fingerprint density at radius 2 is 1.87 bits per heavy atom. The first-order chi connectivity index (χ1) is 14.1. The summed E-state index contributed by atoms with van der Waals surface area (Å²) in [6.07, 6.45) is -4.44. The number of alkyl halides is 3. The van der Waals surface area contributed by atoms with Crippen molar-refractivity contribution >= 4 is 17.7 Å². The first-order valence-electron chi connectivity index (χ1n) is 9.24. The first kappa shape index (κ1) is 22.0. The molecular formula is C22H20F3NO3S. The lowest BCUT2D eigenvalue weighted by Crippen LogP contribution is -2.03. The van der Waals surface area contributed by atoms with E-state index in [0.29, 0.717) is 22.6 Å². The van der Waals surface area contributed by atoms with Crippen LogP contribution in [-0.4, -0.2) is 16.1 Å². The molecule has 1 N–H and O–H groups in total. The van der Waals surface area contributed by atoms with E-state index < -0.39 is 17.7 Å². The molecule has 8 heteroatoms. The number of aromatic nitrogens is 1. The van der Waals surface area contributed by atoms with Gasteiger partial charge in [0.2, 0.25) is 5.89 Å². The maximum Gasteiger partial charge on any atom is 0.416 e. The van der Waals surface area contributed by atoms with Gasteiger partial charge >= 0.3 is 12.1 Å². The van der Waals surface area contributed by atoms with Crippen molar-refractivity contribution in [3.63, 3.8) is 0 Å². The number of carboxylic acid groups (broad SMARTS) is 1. The number of nitrogens with zero attached hydrogens (tertiary/aromatic N) is 1. The van der Waals surface area contributed by atoms with Gasteiger partial charge in [-0.05, 0) is 47.9 Å². The zero-order valence-electron chi connectivity index (χ0n) is 16.4. The summed E-state index contributed by atoms with van der Waals surface area (Å²) in [4.78, 5) is 16.3. The fraction of sp³-hybridized carbons (Fsp3) is 0.273. The summed E-state index contributed by atoms with van der Waals surface area (Å²) in [6, 6.07) is 12.0. The zero-order valence-corrected chi connectivity index (χ0v) is 17.2. The van der Waals surface area contributed by atoms with E-state index in [9.17, 15) is 18.0 Å². The lowest BCUT2D eigenvalue weighted by molar-refractivity contribution is -0.138. The van der Waals surface area contributed by atoms with E-state index >= 15 is 0 Å². The number of halogens is 3. The van der Waals surface area contributed by atoms with Crippen molar-refractivity contribution in [2.45, 2.75) is 43.0 Å². The number of carbonyl (C=O) groups is 1. The highest BCUT2D eigenvalue weighted by atomic mass is 32.2. The van der Waals surface area contributed by atoms with Gasteiger partial charge in [-0.25, -0.2) is 4.98 Å². The average molecular weight is 435 g/mol. The highest BCUT2D eigenvalue weighted by molar-refractivity contribution is 7.98. The van der Waals surface area contributed by atoms with Crippen LogP contribution < -0.4 is 0 Å². The second-order valence-electron chi connectivity index (χ2n) is 7.06. The molecule has 1 heterocycles. The van der Waals surface area contributed by atoms with Crippen LogP contribution in [0, 0.1) is 0 Å². The molecule has 4 nitrogen and oxygen atoms in total. The van der Waals surface area contributed by atoms with Gasteiger partial charge in [-0.15, -0.1) is 11.8 Å². The predicted molar refractivity (Wildman–Crippen MR) is 108 cm³/mol. The van der Waals surface area contributed by atoms with E-state index in [1.165, 1.54) is 23.9 Å². The number of rotatable bonds is 7.